The second-order valence-corrected chi connectivity index (χ2v) is 6.60. The second kappa shape index (κ2) is 8.35. The van der Waals surface area contributed by atoms with Crippen molar-refractivity contribution in [3.05, 3.63) is 76.8 Å². The molecule has 5 heteroatoms. The second-order valence-electron chi connectivity index (χ2n) is 5.57. The first-order valence-electron chi connectivity index (χ1n) is 7.96. The molecule has 0 unspecified atom stereocenters. The monoisotopic (exact) mass is 350 g/mol. The van der Waals surface area contributed by atoms with Gasteiger partial charge >= 0.3 is 0 Å². The largest absolute Gasteiger partial charge is 0.391 e. The topological polar surface area (TPSA) is 51.5 Å². The number of carbonyl (C=O) groups excluding carboxylic acids is 1. The Labute approximate surface area is 150 Å². The molecule has 126 valence electrons. The zero-order chi connectivity index (χ0) is 17.5. The first kappa shape index (κ1) is 17.0. The van der Waals surface area contributed by atoms with Crippen LogP contribution in [0.15, 0.2) is 65.9 Å². The normalized spacial score (nSPS) is 10.9. The molecule has 4 nitrogen and oxygen atoms in total. The van der Waals surface area contributed by atoms with Crippen molar-refractivity contribution in [3.8, 4) is 10.6 Å². The van der Waals surface area contributed by atoms with Crippen LogP contribution < -0.4 is 0 Å². The zero-order valence-corrected chi connectivity index (χ0v) is 14.7. The van der Waals surface area contributed by atoms with E-state index in [0.717, 1.165) is 16.1 Å². The van der Waals surface area contributed by atoms with Gasteiger partial charge in [0.15, 0.2) is 5.78 Å². The molecule has 0 aliphatic rings. The smallest absolute Gasteiger partial charge is 0.179 e. The molecule has 0 bridgehead atoms. The molecule has 0 fully saturated rings. The van der Waals surface area contributed by atoms with Gasteiger partial charge < -0.3 is 4.84 Å². The SMILES string of the molecule is Cc1ccc(CO/N=C\CC(=O)c2cnc(-c3ccccc3)s2)cc1. The number of Topliss-reactive ketones (excluding diaryl/α,β-unsaturated/α-hetero) is 1. The maximum absolute atomic E-state index is 12.2. The molecule has 2 aromatic carbocycles. The zero-order valence-electron chi connectivity index (χ0n) is 13.9. The van der Waals surface area contributed by atoms with E-state index < -0.39 is 0 Å². The number of oxime groups is 1. The molecule has 0 saturated heterocycles. The molecular weight excluding hydrogens is 332 g/mol. The highest BCUT2D eigenvalue weighted by Crippen LogP contribution is 2.25. The highest BCUT2D eigenvalue weighted by atomic mass is 32.1. The summed E-state index contributed by atoms with van der Waals surface area (Å²) >= 11 is 1.39. The molecule has 3 aromatic rings. The Morgan fingerprint density at radius 1 is 1.16 bits per heavy atom. The predicted octanol–water partition coefficient (Wildman–Crippen LogP) is 4.89. The van der Waals surface area contributed by atoms with E-state index in [0.29, 0.717) is 11.5 Å². The first-order chi connectivity index (χ1) is 12.2. The lowest BCUT2D eigenvalue weighted by atomic mass is 10.2. The van der Waals surface area contributed by atoms with Gasteiger partial charge in [0.05, 0.1) is 17.5 Å². The summed E-state index contributed by atoms with van der Waals surface area (Å²) in [7, 11) is 0. The average Bonchev–Trinajstić information content (AvgIpc) is 3.14. The van der Waals surface area contributed by atoms with Crippen LogP contribution in [0.25, 0.3) is 10.6 Å². The van der Waals surface area contributed by atoms with Crippen LogP contribution in [0.4, 0.5) is 0 Å². The van der Waals surface area contributed by atoms with Crippen molar-refractivity contribution in [2.24, 2.45) is 5.16 Å². The van der Waals surface area contributed by atoms with Gasteiger partial charge in [0, 0.05) is 11.8 Å². The number of aromatic nitrogens is 1. The molecule has 0 radical (unpaired) electrons. The fourth-order valence-corrected chi connectivity index (χ4v) is 3.06. The van der Waals surface area contributed by atoms with E-state index in [1.165, 1.54) is 23.1 Å². The minimum Gasteiger partial charge on any atom is -0.391 e. The highest BCUT2D eigenvalue weighted by Gasteiger charge is 2.10. The lowest BCUT2D eigenvalue weighted by Crippen LogP contribution is -1.97. The fraction of sp³-hybridized carbons (Fsp3) is 0.150. The van der Waals surface area contributed by atoms with Gasteiger partial charge in [0.2, 0.25) is 0 Å². The van der Waals surface area contributed by atoms with Crippen molar-refractivity contribution in [2.75, 3.05) is 0 Å². The van der Waals surface area contributed by atoms with Crippen LogP contribution in [0.2, 0.25) is 0 Å². The van der Waals surface area contributed by atoms with E-state index in [2.05, 4.69) is 10.1 Å². The van der Waals surface area contributed by atoms with Crippen LogP contribution in [-0.2, 0) is 11.4 Å². The summed E-state index contributed by atoms with van der Waals surface area (Å²) in [6, 6.07) is 17.9. The van der Waals surface area contributed by atoms with Crippen LogP contribution in [0.5, 0.6) is 0 Å². The predicted molar refractivity (Wildman–Crippen MR) is 101 cm³/mol. The minimum absolute atomic E-state index is 0.0117. The van der Waals surface area contributed by atoms with Gasteiger partial charge in [-0.15, -0.1) is 11.3 Å². The van der Waals surface area contributed by atoms with Crippen LogP contribution >= 0.6 is 11.3 Å². The molecule has 1 heterocycles. The summed E-state index contributed by atoms with van der Waals surface area (Å²) in [5, 5.41) is 4.70. The summed E-state index contributed by atoms with van der Waals surface area (Å²) in [4.78, 5) is 22.4. The Balaban J connectivity index is 1.49. The molecule has 3 rings (SSSR count). The van der Waals surface area contributed by atoms with E-state index in [4.69, 9.17) is 4.84 Å². The van der Waals surface area contributed by atoms with Crippen molar-refractivity contribution in [3.63, 3.8) is 0 Å². The Morgan fingerprint density at radius 3 is 2.68 bits per heavy atom. The number of benzene rings is 2. The van der Waals surface area contributed by atoms with E-state index in [-0.39, 0.29) is 12.2 Å². The van der Waals surface area contributed by atoms with Gasteiger partial charge in [0.1, 0.15) is 11.6 Å². The van der Waals surface area contributed by atoms with E-state index in [1.54, 1.807) is 6.20 Å². The van der Waals surface area contributed by atoms with Crippen molar-refractivity contribution in [1.29, 1.82) is 0 Å². The van der Waals surface area contributed by atoms with Crippen molar-refractivity contribution >= 4 is 23.3 Å². The minimum atomic E-state index is -0.0117. The van der Waals surface area contributed by atoms with Crippen molar-refractivity contribution < 1.29 is 9.63 Å². The van der Waals surface area contributed by atoms with E-state index >= 15 is 0 Å². The highest BCUT2D eigenvalue weighted by molar-refractivity contribution is 7.17. The molecule has 0 aliphatic heterocycles. The molecule has 0 amide bonds. The maximum Gasteiger partial charge on any atom is 0.179 e. The van der Waals surface area contributed by atoms with Gasteiger partial charge in [0.25, 0.3) is 0 Å². The van der Waals surface area contributed by atoms with Crippen LogP contribution in [0, 0.1) is 6.92 Å². The number of aryl methyl sites for hydroxylation is 1. The van der Waals surface area contributed by atoms with Crippen molar-refractivity contribution in [1.82, 2.24) is 4.98 Å². The fourth-order valence-electron chi connectivity index (χ4n) is 2.19. The summed E-state index contributed by atoms with van der Waals surface area (Å²) in [5.41, 5.74) is 3.27. The van der Waals surface area contributed by atoms with Crippen LogP contribution in [-0.4, -0.2) is 17.0 Å². The third-order valence-electron chi connectivity index (χ3n) is 3.58. The quantitative estimate of drug-likeness (QED) is 0.346. The Morgan fingerprint density at radius 2 is 1.92 bits per heavy atom. The molecule has 1 aromatic heterocycles. The molecule has 0 atom stereocenters. The van der Waals surface area contributed by atoms with Crippen molar-refractivity contribution in [2.45, 2.75) is 20.0 Å². The van der Waals surface area contributed by atoms with Gasteiger partial charge in [-0.1, -0.05) is 65.3 Å². The van der Waals surface area contributed by atoms with Gasteiger partial charge in [-0.2, -0.15) is 0 Å². The number of carbonyl (C=O) groups is 1. The third-order valence-corrected chi connectivity index (χ3v) is 4.67. The number of ketones is 1. The summed E-state index contributed by atoms with van der Waals surface area (Å²) in [6.07, 6.45) is 3.32. The van der Waals surface area contributed by atoms with E-state index in [9.17, 15) is 4.79 Å². The molecule has 25 heavy (non-hydrogen) atoms. The Hall–Kier alpha value is -2.79. The lowest BCUT2D eigenvalue weighted by molar-refractivity contribution is 0.1000. The maximum atomic E-state index is 12.2. The number of hydrogen-bond acceptors (Lipinski definition) is 5. The van der Waals surface area contributed by atoms with Crippen LogP contribution in [0.3, 0.4) is 0 Å². The molecule has 0 aliphatic carbocycles. The van der Waals surface area contributed by atoms with Gasteiger partial charge in [-0.05, 0) is 12.5 Å². The summed E-state index contributed by atoms with van der Waals surface area (Å²) in [6.45, 7) is 2.43. The standard InChI is InChI=1S/C20H18N2O2S/c1-15-7-9-16(10-8-15)14-24-22-12-11-18(23)19-13-21-20(25-19)17-5-3-2-4-6-17/h2-10,12-13H,11,14H2,1H3/b22-12-. The molecule has 0 spiro atoms. The van der Waals surface area contributed by atoms with Gasteiger partial charge in [-0.25, -0.2) is 4.98 Å². The van der Waals surface area contributed by atoms with E-state index in [1.807, 2.05) is 61.5 Å². The van der Waals surface area contributed by atoms with Gasteiger partial charge in [-0.3, -0.25) is 4.79 Å². The molecule has 0 saturated carbocycles. The molecule has 0 N–H and O–H groups in total. The van der Waals surface area contributed by atoms with Crippen LogP contribution in [0.1, 0.15) is 27.2 Å². The first-order valence-corrected chi connectivity index (χ1v) is 8.78. The third kappa shape index (κ3) is 4.84. The summed E-state index contributed by atoms with van der Waals surface area (Å²) < 4.78 is 0. The molecular formula is C20H18N2O2S. The number of hydrogen-bond donors (Lipinski definition) is 0. The average molecular weight is 350 g/mol. The number of rotatable bonds is 7. The number of thiazole rings is 1. The Kier molecular flexibility index (Phi) is 5.69. The Bertz CT molecular complexity index is 855. The number of nitrogens with zero attached hydrogens (tertiary/aromatic N) is 2. The lowest BCUT2D eigenvalue weighted by Gasteiger charge is -2.00. The summed E-state index contributed by atoms with van der Waals surface area (Å²) in [5.74, 6) is -0.0117.